The third-order valence-corrected chi connectivity index (χ3v) is 6.21. The number of nitrogens with one attached hydrogen (secondary N) is 2. The minimum Gasteiger partial charge on any atom is -0.356 e. The Kier molecular flexibility index (Phi) is 7.00. The fourth-order valence-electron chi connectivity index (χ4n) is 2.64. The number of sulfone groups is 1. The Bertz CT molecular complexity index is 892. The van der Waals surface area contributed by atoms with E-state index in [1.807, 2.05) is 6.07 Å². The van der Waals surface area contributed by atoms with Gasteiger partial charge in [-0.25, -0.2) is 12.8 Å². The highest BCUT2D eigenvalue weighted by Gasteiger charge is 2.22. The minimum absolute atomic E-state index is 0.0634. The number of halogens is 1. The second-order valence-corrected chi connectivity index (χ2v) is 10.2. The molecular weight excluding hydrogens is 385 g/mol. The first-order chi connectivity index (χ1) is 12.6. The van der Waals surface area contributed by atoms with Gasteiger partial charge in [0.2, 0.25) is 0 Å². The zero-order valence-electron chi connectivity index (χ0n) is 16.0. The lowest BCUT2D eigenvalue weighted by atomic mass is 9.91. The Morgan fingerprint density at radius 2 is 1.96 bits per heavy atom. The average molecular weight is 412 g/mol. The molecule has 0 bridgehead atoms. The van der Waals surface area contributed by atoms with Crippen molar-refractivity contribution in [2.45, 2.75) is 31.6 Å². The molecule has 0 fully saturated rings. The molecule has 5 nitrogen and oxygen atoms in total. The highest BCUT2D eigenvalue weighted by Crippen LogP contribution is 2.26. The minimum atomic E-state index is -3.21. The second-order valence-electron chi connectivity index (χ2n) is 7.12. The van der Waals surface area contributed by atoms with Crippen LogP contribution in [0.3, 0.4) is 0 Å². The van der Waals surface area contributed by atoms with Crippen molar-refractivity contribution in [3.63, 3.8) is 0 Å². The van der Waals surface area contributed by atoms with Crippen molar-refractivity contribution in [1.82, 2.24) is 10.6 Å². The third kappa shape index (κ3) is 6.62. The topological polar surface area (TPSA) is 70.6 Å². The molecule has 1 aromatic carbocycles. The molecule has 0 radical (unpaired) electrons. The molecule has 0 saturated heterocycles. The van der Waals surface area contributed by atoms with Gasteiger partial charge in [0, 0.05) is 36.7 Å². The molecule has 8 heteroatoms. The maximum absolute atomic E-state index is 13.6. The molecule has 2 rings (SSSR count). The number of benzene rings is 1. The molecule has 0 amide bonds. The standard InChI is InChI=1S/C19H26FN3O2S2/c1-19(2,17-6-5-9-26-17)13-23-18(21-3)22-11-15-10-16(20)8-7-14(15)12-27(4,24)25/h5-10H,11-13H2,1-4H3,(H2,21,22,23). The summed E-state index contributed by atoms with van der Waals surface area (Å²) in [6, 6.07) is 8.29. The molecule has 0 aliphatic rings. The van der Waals surface area contributed by atoms with Crippen molar-refractivity contribution in [3.05, 3.63) is 57.5 Å². The van der Waals surface area contributed by atoms with Crippen molar-refractivity contribution in [3.8, 4) is 0 Å². The summed E-state index contributed by atoms with van der Waals surface area (Å²) in [6.45, 7) is 5.25. The Hall–Kier alpha value is -1.93. The Morgan fingerprint density at radius 3 is 2.56 bits per heavy atom. The van der Waals surface area contributed by atoms with Crippen molar-refractivity contribution < 1.29 is 12.8 Å². The molecule has 0 atom stereocenters. The van der Waals surface area contributed by atoms with Crippen LogP contribution in [0, 0.1) is 5.82 Å². The van der Waals surface area contributed by atoms with Crippen molar-refractivity contribution >= 4 is 27.1 Å². The molecule has 27 heavy (non-hydrogen) atoms. The van der Waals surface area contributed by atoms with Crippen LogP contribution in [0.2, 0.25) is 0 Å². The number of aliphatic imine (C=N–C) groups is 1. The van der Waals surface area contributed by atoms with Crippen LogP contribution in [0.1, 0.15) is 29.9 Å². The Labute approximate surface area is 164 Å². The predicted molar refractivity (Wildman–Crippen MR) is 110 cm³/mol. The molecule has 0 aliphatic heterocycles. The molecule has 0 spiro atoms. The lowest BCUT2D eigenvalue weighted by Gasteiger charge is -2.25. The normalized spacial score (nSPS) is 12.9. The first kappa shape index (κ1) is 21.4. The van der Waals surface area contributed by atoms with E-state index in [2.05, 4.69) is 40.9 Å². The Morgan fingerprint density at radius 1 is 1.22 bits per heavy atom. The smallest absolute Gasteiger partial charge is 0.191 e. The van der Waals surface area contributed by atoms with Gasteiger partial charge in [0.05, 0.1) is 5.75 Å². The summed E-state index contributed by atoms with van der Waals surface area (Å²) in [7, 11) is -1.54. The first-order valence-electron chi connectivity index (χ1n) is 8.54. The van der Waals surface area contributed by atoms with E-state index in [1.165, 1.54) is 29.3 Å². The van der Waals surface area contributed by atoms with Crippen LogP contribution in [0.4, 0.5) is 4.39 Å². The summed E-state index contributed by atoms with van der Waals surface area (Å²) in [4.78, 5) is 5.47. The van der Waals surface area contributed by atoms with Crippen molar-refractivity contribution in [2.24, 2.45) is 4.99 Å². The molecular formula is C19H26FN3O2S2. The van der Waals surface area contributed by atoms with Gasteiger partial charge in [-0.3, -0.25) is 4.99 Å². The van der Waals surface area contributed by atoms with Gasteiger partial charge in [-0.2, -0.15) is 0 Å². The number of rotatable bonds is 7. The number of thiophene rings is 1. The first-order valence-corrected chi connectivity index (χ1v) is 11.5. The van der Waals surface area contributed by atoms with Crippen LogP contribution in [-0.4, -0.2) is 34.2 Å². The number of hydrogen-bond acceptors (Lipinski definition) is 4. The van der Waals surface area contributed by atoms with E-state index in [0.29, 0.717) is 23.6 Å². The van der Waals surface area contributed by atoms with Gasteiger partial charge >= 0.3 is 0 Å². The van der Waals surface area contributed by atoms with Crippen LogP contribution >= 0.6 is 11.3 Å². The molecule has 1 heterocycles. The zero-order valence-corrected chi connectivity index (χ0v) is 17.7. The average Bonchev–Trinajstić information content (AvgIpc) is 3.11. The van der Waals surface area contributed by atoms with E-state index in [1.54, 1.807) is 18.4 Å². The molecule has 0 unspecified atom stereocenters. The van der Waals surface area contributed by atoms with Gasteiger partial charge in [-0.05, 0) is 34.7 Å². The summed E-state index contributed by atoms with van der Waals surface area (Å²) in [6.07, 6.45) is 1.17. The summed E-state index contributed by atoms with van der Waals surface area (Å²) in [5.41, 5.74) is 1.12. The van der Waals surface area contributed by atoms with Crippen molar-refractivity contribution in [2.75, 3.05) is 19.8 Å². The van der Waals surface area contributed by atoms with Gasteiger partial charge < -0.3 is 10.6 Å². The van der Waals surface area contributed by atoms with Gasteiger partial charge in [0.25, 0.3) is 0 Å². The molecule has 148 valence electrons. The van der Waals surface area contributed by atoms with E-state index in [4.69, 9.17) is 0 Å². The number of nitrogens with zero attached hydrogens (tertiary/aromatic N) is 1. The maximum atomic E-state index is 13.6. The van der Waals surface area contributed by atoms with Gasteiger partial charge in [-0.1, -0.05) is 26.0 Å². The van der Waals surface area contributed by atoms with E-state index in [0.717, 1.165) is 0 Å². The van der Waals surface area contributed by atoms with E-state index < -0.39 is 15.7 Å². The van der Waals surface area contributed by atoms with E-state index in [-0.39, 0.29) is 17.7 Å². The summed E-state index contributed by atoms with van der Waals surface area (Å²) in [5.74, 6) is 0.0573. The zero-order chi connectivity index (χ0) is 20.1. The third-order valence-electron chi connectivity index (χ3n) is 4.14. The molecule has 2 N–H and O–H groups in total. The highest BCUT2D eigenvalue weighted by molar-refractivity contribution is 7.89. The second kappa shape index (κ2) is 8.84. The predicted octanol–water partition coefficient (Wildman–Crippen LogP) is 3.07. The fourth-order valence-corrected chi connectivity index (χ4v) is 4.34. The van der Waals surface area contributed by atoms with Crippen LogP contribution in [0.5, 0.6) is 0 Å². The van der Waals surface area contributed by atoms with Gasteiger partial charge in [-0.15, -0.1) is 11.3 Å². The lowest BCUT2D eigenvalue weighted by Crippen LogP contribution is -2.43. The van der Waals surface area contributed by atoms with Gasteiger partial charge in [0.1, 0.15) is 5.82 Å². The number of hydrogen-bond donors (Lipinski definition) is 2. The van der Waals surface area contributed by atoms with Gasteiger partial charge in [0.15, 0.2) is 15.8 Å². The molecule has 0 aliphatic carbocycles. The largest absolute Gasteiger partial charge is 0.356 e. The van der Waals surface area contributed by atoms with E-state index in [9.17, 15) is 12.8 Å². The summed E-state index contributed by atoms with van der Waals surface area (Å²) >= 11 is 1.71. The highest BCUT2D eigenvalue weighted by atomic mass is 32.2. The van der Waals surface area contributed by atoms with Crippen LogP contribution in [-0.2, 0) is 27.5 Å². The summed E-state index contributed by atoms with van der Waals surface area (Å²) in [5, 5.41) is 8.47. The molecule has 2 aromatic rings. The fraction of sp³-hybridized carbons (Fsp3) is 0.421. The summed E-state index contributed by atoms with van der Waals surface area (Å²) < 4.78 is 36.8. The van der Waals surface area contributed by atoms with Crippen LogP contribution < -0.4 is 10.6 Å². The molecule has 1 aromatic heterocycles. The quantitative estimate of drug-likeness (QED) is 0.543. The van der Waals surface area contributed by atoms with E-state index >= 15 is 0 Å². The van der Waals surface area contributed by atoms with Crippen molar-refractivity contribution in [1.29, 1.82) is 0 Å². The lowest BCUT2D eigenvalue weighted by molar-refractivity contribution is 0.518. The SMILES string of the molecule is CN=C(NCc1cc(F)ccc1CS(C)(=O)=O)NCC(C)(C)c1cccs1. The number of guanidine groups is 1. The molecule has 0 saturated carbocycles. The Balaban J connectivity index is 2.03. The monoisotopic (exact) mass is 411 g/mol. The van der Waals surface area contributed by atoms with Crippen LogP contribution in [0.15, 0.2) is 40.7 Å². The van der Waals surface area contributed by atoms with Crippen LogP contribution in [0.25, 0.3) is 0 Å². The maximum Gasteiger partial charge on any atom is 0.191 e.